The van der Waals surface area contributed by atoms with Crippen LogP contribution in [0.5, 0.6) is 0 Å². The Hall–Kier alpha value is -2.00. The van der Waals surface area contributed by atoms with Crippen molar-refractivity contribution >= 4 is 21.7 Å². The summed E-state index contributed by atoms with van der Waals surface area (Å²) in [6.45, 7) is 0.392. The van der Waals surface area contributed by atoms with Gasteiger partial charge in [0.15, 0.2) is 9.84 Å². The number of rotatable bonds is 5. The standard InChI is InChI=1S/C17H21FN2O5S/c18-13-3-1-2-12(8-13)4-5-16(21)20-7-6-19(9-17(22)23)14-10-26(24,25)11-15(14)20/h1-3,8,14-15H,4-7,9-11H2,(H,22,23). The number of hydrogen-bond acceptors (Lipinski definition) is 5. The maximum atomic E-state index is 13.2. The van der Waals surface area contributed by atoms with Crippen molar-refractivity contribution in [2.24, 2.45) is 0 Å². The van der Waals surface area contributed by atoms with Crippen molar-refractivity contribution in [3.8, 4) is 0 Å². The molecule has 2 aliphatic rings. The van der Waals surface area contributed by atoms with Gasteiger partial charge in [0.05, 0.1) is 24.1 Å². The number of piperazine rings is 1. The number of benzene rings is 1. The van der Waals surface area contributed by atoms with E-state index in [0.717, 1.165) is 0 Å². The van der Waals surface area contributed by atoms with Gasteiger partial charge in [-0.1, -0.05) is 12.1 Å². The molecule has 9 heteroatoms. The molecule has 0 radical (unpaired) electrons. The van der Waals surface area contributed by atoms with Crippen molar-refractivity contribution in [3.63, 3.8) is 0 Å². The van der Waals surface area contributed by atoms with E-state index in [2.05, 4.69) is 0 Å². The molecule has 2 heterocycles. The van der Waals surface area contributed by atoms with Crippen molar-refractivity contribution in [2.75, 3.05) is 31.1 Å². The predicted octanol–water partition coefficient (Wildman–Crippen LogP) is 0.153. The van der Waals surface area contributed by atoms with E-state index in [1.165, 1.54) is 12.1 Å². The summed E-state index contributed by atoms with van der Waals surface area (Å²) in [7, 11) is -3.31. The Morgan fingerprint density at radius 2 is 1.92 bits per heavy atom. The highest BCUT2D eigenvalue weighted by Gasteiger charge is 2.48. The van der Waals surface area contributed by atoms with E-state index in [9.17, 15) is 22.4 Å². The lowest BCUT2D eigenvalue weighted by molar-refractivity contribution is -0.142. The molecule has 3 rings (SSSR count). The average Bonchev–Trinajstić information content (AvgIpc) is 2.88. The van der Waals surface area contributed by atoms with Gasteiger partial charge in [0.25, 0.3) is 0 Å². The molecule has 2 atom stereocenters. The third-order valence-corrected chi connectivity index (χ3v) is 6.67. The third kappa shape index (κ3) is 4.21. The number of carbonyl (C=O) groups is 2. The molecule has 26 heavy (non-hydrogen) atoms. The summed E-state index contributed by atoms with van der Waals surface area (Å²) < 4.78 is 37.4. The molecule has 0 aliphatic carbocycles. The second-order valence-electron chi connectivity index (χ2n) is 6.79. The van der Waals surface area contributed by atoms with Crippen molar-refractivity contribution < 1.29 is 27.5 Å². The summed E-state index contributed by atoms with van der Waals surface area (Å²) >= 11 is 0. The fourth-order valence-electron chi connectivity index (χ4n) is 3.79. The number of amides is 1. The molecule has 2 saturated heterocycles. The Labute approximate surface area is 151 Å². The van der Waals surface area contributed by atoms with Crippen LogP contribution in [0.3, 0.4) is 0 Å². The van der Waals surface area contributed by atoms with E-state index >= 15 is 0 Å². The van der Waals surface area contributed by atoms with Crippen LogP contribution in [0.2, 0.25) is 0 Å². The van der Waals surface area contributed by atoms with Crippen LogP contribution < -0.4 is 0 Å². The first-order chi connectivity index (χ1) is 12.2. The van der Waals surface area contributed by atoms with E-state index < -0.39 is 27.9 Å². The lowest BCUT2D eigenvalue weighted by Gasteiger charge is -2.43. The highest BCUT2D eigenvalue weighted by Crippen LogP contribution is 2.27. The van der Waals surface area contributed by atoms with Gasteiger partial charge in [0, 0.05) is 25.6 Å². The number of nitrogens with zero attached hydrogens (tertiary/aromatic N) is 2. The molecular weight excluding hydrogens is 363 g/mol. The number of hydrogen-bond donors (Lipinski definition) is 1. The highest BCUT2D eigenvalue weighted by atomic mass is 32.2. The molecular formula is C17H21FN2O5S. The first-order valence-electron chi connectivity index (χ1n) is 8.45. The molecule has 1 N–H and O–H groups in total. The van der Waals surface area contributed by atoms with Crippen LogP contribution in [0.15, 0.2) is 24.3 Å². The zero-order valence-electron chi connectivity index (χ0n) is 14.2. The predicted molar refractivity (Wildman–Crippen MR) is 91.9 cm³/mol. The van der Waals surface area contributed by atoms with Gasteiger partial charge < -0.3 is 10.0 Å². The minimum Gasteiger partial charge on any atom is -0.480 e. The van der Waals surface area contributed by atoms with Crippen molar-refractivity contribution in [3.05, 3.63) is 35.6 Å². The van der Waals surface area contributed by atoms with Crippen LogP contribution in [0.1, 0.15) is 12.0 Å². The van der Waals surface area contributed by atoms with Crippen LogP contribution in [0.4, 0.5) is 4.39 Å². The van der Waals surface area contributed by atoms with Gasteiger partial charge in [0.2, 0.25) is 5.91 Å². The highest BCUT2D eigenvalue weighted by molar-refractivity contribution is 7.91. The molecule has 7 nitrogen and oxygen atoms in total. The zero-order chi connectivity index (χ0) is 18.9. The first kappa shape index (κ1) is 18.8. The second kappa shape index (κ2) is 7.32. The monoisotopic (exact) mass is 384 g/mol. The van der Waals surface area contributed by atoms with Crippen LogP contribution in [-0.4, -0.2) is 78.4 Å². The molecule has 1 aromatic rings. The van der Waals surface area contributed by atoms with Crippen LogP contribution in [0.25, 0.3) is 0 Å². The van der Waals surface area contributed by atoms with Crippen LogP contribution in [-0.2, 0) is 25.8 Å². The molecule has 0 spiro atoms. The minimum atomic E-state index is -3.31. The van der Waals surface area contributed by atoms with Gasteiger partial charge in [-0.2, -0.15) is 0 Å². The summed E-state index contributed by atoms with van der Waals surface area (Å²) in [5.74, 6) is -1.83. The van der Waals surface area contributed by atoms with E-state index in [1.54, 1.807) is 21.9 Å². The molecule has 0 bridgehead atoms. The molecule has 142 valence electrons. The summed E-state index contributed by atoms with van der Waals surface area (Å²) in [6.07, 6.45) is 0.529. The second-order valence-corrected chi connectivity index (χ2v) is 8.95. The number of carbonyl (C=O) groups excluding carboxylic acids is 1. The van der Waals surface area contributed by atoms with Crippen LogP contribution >= 0.6 is 0 Å². The van der Waals surface area contributed by atoms with E-state index in [1.807, 2.05) is 0 Å². The molecule has 0 aromatic heterocycles. The Morgan fingerprint density at radius 3 is 2.62 bits per heavy atom. The number of carboxylic acids is 1. The average molecular weight is 384 g/mol. The normalized spacial score (nSPS) is 25.0. The van der Waals surface area contributed by atoms with E-state index in [0.29, 0.717) is 25.1 Å². The van der Waals surface area contributed by atoms with Crippen molar-refractivity contribution in [1.82, 2.24) is 9.80 Å². The molecule has 1 aromatic carbocycles. The molecule has 1 amide bonds. The van der Waals surface area contributed by atoms with E-state index in [4.69, 9.17) is 5.11 Å². The zero-order valence-corrected chi connectivity index (χ0v) is 15.0. The number of sulfone groups is 1. The number of carboxylic acid groups (broad SMARTS) is 1. The molecule has 0 saturated carbocycles. The maximum absolute atomic E-state index is 13.2. The van der Waals surface area contributed by atoms with Gasteiger partial charge in [-0.25, -0.2) is 12.8 Å². The van der Waals surface area contributed by atoms with Gasteiger partial charge in [-0.15, -0.1) is 0 Å². The summed E-state index contributed by atoms with van der Waals surface area (Å²) in [5.41, 5.74) is 0.707. The molecule has 2 unspecified atom stereocenters. The van der Waals surface area contributed by atoms with Crippen molar-refractivity contribution in [1.29, 1.82) is 0 Å². The molecule has 2 fully saturated rings. The Bertz CT molecular complexity index is 813. The number of halogens is 1. The number of aryl methyl sites for hydroxylation is 1. The number of aliphatic carboxylic acids is 1. The Morgan fingerprint density at radius 1 is 1.19 bits per heavy atom. The van der Waals surface area contributed by atoms with Gasteiger partial charge in [-0.05, 0) is 24.1 Å². The smallest absolute Gasteiger partial charge is 0.317 e. The summed E-state index contributed by atoms with van der Waals surface area (Å²) in [5, 5.41) is 9.02. The molecule has 2 aliphatic heterocycles. The lowest BCUT2D eigenvalue weighted by atomic mass is 10.0. The van der Waals surface area contributed by atoms with E-state index in [-0.39, 0.29) is 36.2 Å². The summed E-state index contributed by atoms with van der Waals surface area (Å²) in [6, 6.07) is 5.03. The first-order valence-corrected chi connectivity index (χ1v) is 10.3. The lowest BCUT2D eigenvalue weighted by Crippen LogP contribution is -2.61. The summed E-state index contributed by atoms with van der Waals surface area (Å²) in [4.78, 5) is 26.9. The Kier molecular flexibility index (Phi) is 5.29. The quantitative estimate of drug-likeness (QED) is 0.777. The van der Waals surface area contributed by atoms with Gasteiger partial charge >= 0.3 is 5.97 Å². The third-order valence-electron chi connectivity index (χ3n) is 4.97. The topological polar surface area (TPSA) is 95.0 Å². The van der Waals surface area contributed by atoms with Gasteiger partial charge in [-0.3, -0.25) is 14.5 Å². The maximum Gasteiger partial charge on any atom is 0.317 e. The fraction of sp³-hybridized carbons (Fsp3) is 0.529. The van der Waals surface area contributed by atoms with Crippen LogP contribution in [0, 0.1) is 5.82 Å². The minimum absolute atomic E-state index is 0.126. The Balaban J connectivity index is 1.69. The SMILES string of the molecule is O=C(O)CN1CCN(C(=O)CCc2cccc(F)c2)C2CS(=O)(=O)CC21. The number of fused-ring (bicyclic) bond motifs is 1. The largest absolute Gasteiger partial charge is 0.480 e. The van der Waals surface area contributed by atoms with Crippen molar-refractivity contribution in [2.45, 2.75) is 24.9 Å². The van der Waals surface area contributed by atoms with Gasteiger partial charge in [0.1, 0.15) is 5.82 Å². The fourth-order valence-corrected chi connectivity index (χ4v) is 5.80.